The number of aliphatic hydroxyl groups excluding tert-OH is 2. The van der Waals surface area contributed by atoms with Crippen molar-refractivity contribution in [2.24, 2.45) is 5.92 Å². The van der Waals surface area contributed by atoms with Crippen LogP contribution in [0.4, 0.5) is 0 Å². The Morgan fingerprint density at radius 1 is 1.06 bits per heavy atom. The molecule has 8 heteroatoms. The van der Waals surface area contributed by atoms with Crippen molar-refractivity contribution in [3.8, 4) is 5.69 Å². The minimum Gasteiger partial charge on any atom is -0.396 e. The Balaban J connectivity index is 1.63. The molecule has 4 aromatic rings. The van der Waals surface area contributed by atoms with Crippen molar-refractivity contribution < 1.29 is 10.2 Å². The number of aromatic nitrogens is 3. The van der Waals surface area contributed by atoms with Crippen LogP contribution in [0.25, 0.3) is 26.8 Å². The number of thiophene rings is 1. The molecule has 3 heterocycles. The van der Waals surface area contributed by atoms with Crippen molar-refractivity contribution in [1.29, 1.82) is 0 Å². The first-order valence-corrected chi connectivity index (χ1v) is 11.5. The number of benzene rings is 1. The van der Waals surface area contributed by atoms with E-state index in [1.54, 1.807) is 17.4 Å². The summed E-state index contributed by atoms with van der Waals surface area (Å²) in [4.78, 5) is 31.2. The summed E-state index contributed by atoms with van der Waals surface area (Å²) >= 11 is 1.55. The third-order valence-corrected chi connectivity index (χ3v) is 7.45. The first kappa shape index (κ1) is 20.2. The number of hydrogen-bond acceptors (Lipinski definition) is 5. The van der Waals surface area contributed by atoms with Crippen LogP contribution in [0.2, 0.25) is 0 Å². The van der Waals surface area contributed by atoms with E-state index in [2.05, 4.69) is 4.98 Å². The summed E-state index contributed by atoms with van der Waals surface area (Å²) < 4.78 is 3.20. The topological polar surface area (TPSA) is 100 Å². The standard InChI is InChI=1S/C23H25N3O4S/c27-12-14(13-28)11-25-9-8-15-10-16(6-7-18(15)25)26-22(29)20-17-4-2-1-3-5-19(17)31-21(20)24-23(26)30/h6-10,14,27-28H,1-5,11-13H2,(H,24,30). The smallest absolute Gasteiger partial charge is 0.334 e. The Morgan fingerprint density at radius 2 is 1.87 bits per heavy atom. The van der Waals surface area contributed by atoms with E-state index in [9.17, 15) is 19.8 Å². The lowest BCUT2D eigenvalue weighted by Gasteiger charge is -2.13. The molecule has 0 bridgehead atoms. The minimum absolute atomic E-state index is 0.0933. The van der Waals surface area contributed by atoms with Crippen LogP contribution in [-0.2, 0) is 19.4 Å². The molecule has 0 amide bonds. The Labute approximate surface area is 182 Å². The van der Waals surface area contributed by atoms with E-state index in [0.717, 1.165) is 42.1 Å². The number of H-pyrrole nitrogens is 1. The zero-order valence-corrected chi connectivity index (χ0v) is 18.0. The van der Waals surface area contributed by atoms with Gasteiger partial charge in [0.15, 0.2) is 0 Å². The molecule has 0 saturated carbocycles. The highest BCUT2D eigenvalue weighted by atomic mass is 32.1. The van der Waals surface area contributed by atoms with E-state index in [4.69, 9.17) is 0 Å². The summed E-state index contributed by atoms with van der Waals surface area (Å²) in [7, 11) is 0. The van der Waals surface area contributed by atoms with Gasteiger partial charge in [0, 0.05) is 47.7 Å². The fourth-order valence-electron chi connectivity index (χ4n) is 4.59. The molecule has 7 nitrogen and oxygen atoms in total. The van der Waals surface area contributed by atoms with E-state index in [0.29, 0.717) is 22.4 Å². The van der Waals surface area contributed by atoms with Crippen molar-refractivity contribution in [1.82, 2.24) is 14.1 Å². The van der Waals surface area contributed by atoms with Gasteiger partial charge in [0.2, 0.25) is 0 Å². The molecule has 3 N–H and O–H groups in total. The summed E-state index contributed by atoms with van der Waals surface area (Å²) in [5.41, 5.74) is 1.89. The second-order valence-electron chi connectivity index (χ2n) is 8.28. The summed E-state index contributed by atoms with van der Waals surface area (Å²) in [5.74, 6) is -0.239. The van der Waals surface area contributed by atoms with E-state index in [-0.39, 0.29) is 24.7 Å². The molecule has 1 aliphatic carbocycles. The lowest BCUT2D eigenvalue weighted by atomic mass is 10.1. The maximum absolute atomic E-state index is 13.4. The highest BCUT2D eigenvalue weighted by Crippen LogP contribution is 2.32. The van der Waals surface area contributed by atoms with Gasteiger partial charge in [0.05, 0.1) is 11.1 Å². The van der Waals surface area contributed by atoms with Gasteiger partial charge in [-0.15, -0.1) is 11.3 Å². The van der Waals surface area contributed by atoms with Gasteiger partial charge >= 0.3 is 5.69 Å². The number of rotatable bonds is 5. The van der Waals surface area contributed by atoms with E-state index >= 15 is 0 Å². The second kappa shape index (κ2) is 8.11. The van der Waals surface area contributed by atoms with Crippen LogP contribution in [0, 0.1) is 5.92 Å². The number of nitrogens with zero attached hydrogens (tertiary/aromatic N) is 2. The number of hydrogen-bond donors (Lipinski definition) is 3. The summed E-state index contributed by atoms with van der Waals surface area (Å²) in [6.45, 7) is 0.303. The molecule has 162 valence electrons. The van der Waals surface area contributed by atoms with E-state index in [1.807, 2.05) is 29.0 Å². The van der Waals surface area contributed by atoms with Crippen molar-refractivity contribution in [3.05, 3.63) is 61.7 Å². The summed E-state index contributed by atoms with van der Waals surface area (Å²) in [5, 5.41) is 20.3. The Hall–Kier alpha value is -2.68. The minimum atomic E-state index is -0.423. The Morgan fingerprint density at radius 3 is 2.68 bits per heavy atom. The third kappa shape index (κ3) is 3.44. The van der Waals surface area contributed by atoms with Gasteiger partial charge in [-0.25, -0.2) is 9.36 Å². The number of aliphatic hydroxyl groups is 2. The molecule has 0 aliphatic heterocycles. The molecule has 0 unspecified atom stereocenters. The van der Waals surface area contributed by atoms with Crippen molar-refractivity contribution in [2.45, 2.75) is 38.6 Å². The summed E-state index contributed by atoms with van der Waals surface area (Å²) in [6, 6.07) is 7.41. The normalized spacial score (nSPS) is 14.4. The van der Waals surface area contributed by atoms with Gasteiger partial charge in [-0.05, 0) is 55.5 Å². The van der Waals surface area contributed by atoms with Crippen LogP contribution in [-0.4, -0.2) is 37.5 Å². The van der Waals surface area contributed by atoms with E-state index in [1.165, 1.54) is 15.9 Å². The fraction of sp³-hybridized carbons (Fsp3) is 0.391. The van der Waals surface area contributed by atoms with Crippen molar-refractivity contribution in [2.75, 3.05) is 13.2 Å². The molecule has 1 aliphatic rings. The van der Waals surface area contributed by atoms with Crippen LogP contribution in [0.5, 0.6) is 0 Å². The van der Waals surface area contributed by atoms with Gasteiger partial charge in [0.25, 0.3) is 5.56 Å². The first-order chi connectivity index (χ1) is 15.1. The lowest BCUT2D eigenvalue weighted by molar-refractivity contribution is 0.138. The van der Waals surface area contributed by atoms with Gasteiger partial charge in [0.1, 0.15) is 4.83 Å². The SMILES string of the molecule is O=c1[nH]c2sc3c(c2c(=O)n1-c1ccc2c(ccn2CC(CO)CO)c1)CCCCC3. The third-order valence-electron chi connectivity index (χ3n) is 6.25. The van der Waals surface area contributed by atoms with Crippen LogP contribution < -0.4 is 11.2 Å². The molecule has 0 radical (unpaired) electrons. The molecule has 3 aromatic heterocycles. The predicted octanol–water partition coefficient (Wildman–Crippen LogP) is 2.56. The molecule has 0 atom stereocenters. The maximum atomic E-state index is 13.4. The number of nitrogens with one attached hydrogen (secondary N) is 1. The molecule has 1 aromatic carbocycles. The Kier molecular flexibility index (Phi) is 5.29. The quantitative estimate of drug-likeness (QED) is 0.416. The highest BCUT2D eigenvalue weighted by molar-refractivity contribution is 7.18. The molecule has 0 saturated heterocycles. The van der Waals surface area contributed by atoms with Crippen LogP contribution in [0.3, 0.4) is 0 Å². The van der Waals surface area contributed by atoms with Gasteiger partial charge < -0.3 is 14.8 Å². The average molecular weight is 440 g/mol. The molecule has 0 fully saturated rings. The summed E-state index contributed by atoms with van der Waals surface area (Å²) in [6.07, 6.45) is 7.11. The maximum Gasteiger partial charge on any atom is 0.334 e. The van der Waals surface area contributed by atoms with Gasteiger partial charge in [-0.3, -0.25) is 9.78 Å². The van der Waals surface area contributed by atoms with Gasteiger partial charge in [-0.1, -0.05) is 6.42 Å². The zero-order chi connectivity index (χ0) is 21.5. The number of aryl methyl sites for hydroxylation is 2. The highest BCUT2D eigenvalue weighted by Gasteiger charge is 2.21. The zero-order valence-electron chi connectivity index (χ0n) is 17.1. The molecular weight excluding hydrogens is 414 g/mol. The average Bonchev–Trinajstić information content (AvgIpc) is 3.24. The second-order valence-corrected chi connectivity index (χ2v) is 9.39. The monoisotopic (exact) mass is 439 g/mol. The van der Waals surface area contributed by atoms with E-state index < -0.39 is 5.69 Å². The first-order valence-electron chi connectivity index (χ1n) is 10.7. The number of fused-ring (bicyclic) bond motifs is 4. The van der Waals surface area contributed by atoms with Crippen LogP contribution in [0.15, 0.2) is 40.1 Å². The fourth-order valence-corrected chi connectivity index (χ4v) is 5.86. The van der Waals surface area contributed by atoms with Crippen LogP contribution >= 0.6 is 11.3 Å². The van der Waals surface area contributed by atoms with Gasteiger partial charge in [-0.2, -0.15) is 0 Å². The van der Waals surface area contributed by atoms with Crippen molar-refractivity contribution in [3.63, 3.8) is 0 Å². The Bertz CT molecular complexity index is 1370. The molecule has 31 heavy (non-hydrogen) atoms. The predicted molar refractivity (Wildman–Crippen MR) is 122 cm³/mol. The largest absolute Gasteiger partial charge is 0.396 e. The molecule has 5 rings (SSSR count). The molecular formula is C23H25N3O4S. The number of aromatic amines is 1. The van der Waals surface area contributed by atoms with Crippen LogP contribution in [0.1, 0.15) is 29.7 Å². The lowest BCUT2D eigenvalue weighted by Crippen LogP contribution is -2.33. The molecule has 0 spiro atoms. The van der Waals surface area contributed by atoms with Crippen molar-refractivity contribution >= 4 is 32.5 Å².